The van der Waals surface area contributed by atoms with Crippen LogP contribution in [0.3, 0.4) is 0 Å². The first-order valence-corrected chi connectivity index (χ1v) is 7.35. The number of aromatic carboxylic acids is 1. The molecule has 1 rings (SSSR count). The van der Waals surface area contributed by atoms with Gasteiger partial charge in [-0.25, -0.2) is 0 Å². The Kier molecular flexibility index (Phi) is 16.1. The molecule has 8 heteroatoms. The summed E-state index contributed by atoms with van der Waals surface area (Å²) in [6, 6.07) is 4.05. The second-order valence-corrected chi connectivity index (χ2v) is 5.71. The summed E-state index contributed by atoms with van der Waals surface area (Å²) in [5.41, 5.74) is -0.146. The fourth-order valence-corrected chi connectivity index (χ4v) is 1.24. The van der Waals surface area contributed by atoms with E-state index < -0.39 is 16.1 Å². The van der Waals surface area contributed by atoms with Gasteiger partial charge in [-0.1, -0.05) is 19.1 Å². The van der Waals surface area contributed by atoms with Gasteiger partial charge < -0.3 is 21.7 Å². The van der Waals surface area contributed by atoms with Crippen LogP contribution in [0, 0.1) is 6.92 Å². The fourth-order valence-electron chi connectivity index (χ4n) is 0.763. The molecule has 0 atom stereocenters. The molecule has 0 aliphatic rings. The summed E-state index contributed by atoms with van der Waals surface area (Å²) < 4.78 is 29.5. The van der Waals surface area contributed by atoms with Crippen molar-refractivity contribution < 1.29 is 57.3 Å². The zero-order valence-corrected chi connectivity index (χ0v) is 16.0. The van der Waals surface area contributed by atoms with Crippen LogP contribution in [0.5, 0.6) is 0 Å². The van der Waals surface area contributed by atoms with E-state index in [1.165, 1.54) is 4.90 Å². The molecule has 0 saturated carbocycles. The van der Waals surface area contributed by atoms with E-state index in [2.05, 4.69) is 28.1 Å². The first-order chi connectivity index (χ1) is 9.06. The summed E-state index contributed by atoms with van der Waals surface area (Å²) in [4.78, 5) is 11.3. The maximum Gasteiger partial charge on any atom is 1.00 e. The molecule has 0 aliphatic heterocycles. The number of hydrogen-bond acceptors (Lipinski definition) is 4. The topological polar surface area (TPSA) is 98.9 Å². The number of carbonyl (C=O) groups is 1. The van der Waals surface area contributed by atoms with Crippen molar-refractivity contribution in [2.45, 2.75) is 18.2 Å². The third kappa shape index (κ3) is 15.8. The molecule has 1 aromatic carbocycles. The molecule has 0 spiro atoms. The maximum absolute atomic E-state index is 10.5. The second-order valence-electron chi connectivity index (χ2n) is 4.29. The van der Waals surface area contributed by atoms with E-state index in [0.717, 1.165) is 30.7 Å². The van der Waals surface area contributed by atoms with Crippen molar-refractivity contribution in [3.63, 3.8) is 0 Å². The zero-order valence-electron chi connectivity index (χ0n) is 13.2. The number of hydrogen-bond donors (Lipinski definition) is 2. The normalized spacial score (nSPS) is 9.48. The summed E-state index contributed by atoms with van der Waals surface area (Å²) >= 11 is 0. The van der Waals surface area contributed by atoms with Gasteiger partial charge >= 0.3 is 29.6 Å². The van der Waals surface area contributed by atoms with Crippen molar-refractivity contribution in [1.82, 2.24) is 0 Å². The molecule has 0 unspecified atom stereocenters. The molecule has 6 nitrogen and oxygen atoms in total. The fraction of sp³-hybridized carbons (Fsp3) is 0.385. The van der Waals surface area contributed by atoms with Crippen molar-refractivity contribution in [1.29, 1.82) is 0 Å². The number of benzene rings is 1. The number of rotatable bonds is 2. The van der Waals surface area contributed by atoms with Crippen LogP contribution in [0.4, 0.5) is 0 Å². The molecule has 116 valence electrons. The van der Waals surface area contributed by atoms with Crippen LogP contribution in [0.2, 0.25) is 0 Å². The minimum atomic E-state index is -4.26. The van der Waals surface area contributed by atoms with Gasteiger partial charge in [0.1, 0.15) is 0 Å². The molecule has 0 aromatic heterocycles. The summed E-state index contributed by atoms with van der Waals surface area (Å²) in [5.74, 6) is -1.40. The van der Waals surface area contributed by atoms with Crippen LogP contribution >= 0.6 is 0 Å². The molecule has 0 fully saturated rings. The Morgan fingerprint density at radius 3 is 1.71 bits per heavy atom. The van der Waals surface area contributed by atoms with Gasteiger partial charge in [0, 0.05) is 0 Å². The zero-order chi connectivity index (χ0) is 16.3. The minimum absolute atomic E-state index is 0. The van der Waals surface area contributed by atoms with Crippen molar-refractivity contribution in [3.8, 4) is 0 Å². The van der Waals surface area contributed by atoms with E-state index in [0.29, 0.717) is 0 Å². The van der Waals surface area contributed by atoms with E-state index in [4.69, 9.17) is 4.55 Å². The van der Waals surface area contributed by atoms with Crippen LogP contribution in [0.1, 0.15) is 23.7 Å². The van der Waals surface area contributed by atoms with Gasteiger partial charge in [-0.15, -0.1) is 0 Å². The Hall–Kier alpha value is -0.440. The van der Waals surface area contributed by atoms with Crippen LogP contribution in [-0.4, -0.2) is 40.1 Å². The monoisotopic (exact) mass is 327 g/mol. The van der Waals surface area contributed by atoms with Gasteiger partial charge in [-0.2, -0.15) is 14.8 Å². The first-order valence-electron chi connectivity index (χ1n) is 5.91. The molecule has 1 aromatic rings. The van der Waals surface area contributed by atoms with Crippen LogP contribution in [0.25, 0.3) is 0 Å². The van der Waals surface area contributed by atoms with Crippen LogP contribution < -0.4 is 39.6 Å². The van der Waals surface area contributed by atoms with E-state index in [-0.39, 0.29) is 40.0 Å². The van der Waals surface area contributed by atoms with Crippen molar-refractivity contribution in [2.24, 2.45) is 0 Å². The number of quaternary nitrogens is 1. The van der Waals surface area contributed by atoms with E-state index in [1.807, 2.05) is 6.92 Å². The molecule has 0 heterocycles. The van der Waals surface area contributed by atoms with E-state index in [9.17, 15) is 18.3 Å². The van der Waals surface area contributed by atoms with Crippen molar-refractivity contribution in [3.05, 3.63) is 36.8 Å². The summed E-state index contributed by atoms with van der Waals surface area (Å²) in [6.07, 6.45) is 1.00. The second kappa shape index (κ2) is 13.2. The summed E-state index contributed by atoms with van der Waals surface area (Å²) in [5, 5.41) is 10.2. The average Bonchev–Trinajstić information content (AvgIpc) is 2.28. The van der Waals surface area contributed by atoms with Gasteiger partial charge in [-0.05, 0) is 17.7 Å². The molecule has 0 saturated heterocycles. The molecule has 0 amide bonds. The summed E-state index contributed by atoms with van der Waals surface area (Å²) in [6.45, 7) is 5.50. The van der Waals surface area contributed by atoms with Gasteiger partial charge in [0.05, 0.1) is 32.0 Å². The van der Waals surface area contributed by atoms with Crippen LogP contribution in [0.15, 0.2) is 29.2 Å². The average molecular weight is 327 g/mol. The Balaban J connectivity index is -0.000000344. The van der Waals surface area contributed by atoms with Crippen LogP contribution in [-0.2, 0) is 10.1 Å². The quantitative estimate of drug-likeness (QED) is 0.331. The number of carboxylic acid groups (broad SMARTS) is 1. The molecule has 0 aliphatic carbocycles. The van der Waals surface area contributed by atoms with Gasteiger partial charge in [0.15, 0.2) is 0 Å². The standard InChI is InChI=1S/C7H6O5S.C3H9N.C3H7.Na/c8-7(9)5-1-3-6(4-2-5)13(10,11)12;1-4(2)3;1-3-2;/h1-4H,(H,8,9)(H,10,11,12);1-3H3;1,3H2,2H3;/q;;-1;+1. The Labute approximate surface area is 149 Å². The third-order valence-corrected chi connectivity index (χ3v) is 2.26. The summed E-state index contributed by atoms with van der Waals surface area (Å²) in [7, 11) is 1.99. The molecule has 21 heavy (non-hydrogen) atoms. The molecule has 0 radical (unpaired) electrons. The smallest absolute Gasteiger partial charge is 0.545 e. The number of carbonyl (C=O) groups excluding carboxylic acids is 1. The molecule has 2 N–H and O–H groups in total. The Morgan fingerprint density at radius 1 is 1.24 bits per heavy atom. The number of nitrogens with one attached hydrogen (secondary N) is 1. The molecule has 0 bridgehead atoms. The van der Waals surface area contributed by atoms with Gasteiger partial charge in [0.25, 0.3) is 10.1 Å². The predicted molar refractivity (Wildman–Crippen MR) is 75.0 cm³/mol. The third-order valence-electron chi connectivity index (χ3n) is 1.39. The Bertz CT molecular complexity index is 483. The minimum Gasteiger partial charge on any atom is -0.545 e. The largest absolute Gasteiger partial charge is 1.00 e. The predicted octanol–water partition coefficient (Wildman–Crippen LogP) is -3.71. The van der Waals surface area contributed by atoms with E-state index >= 15 is 0 Å². The molecular weight excluding hydrogens is 305 g/mol. The first kappa shape index (κ1) is 25.5. The van der Waals surface area contributed by atoms with Crippen molar-refractivity contribution >= 4 is 16.1 Å². The van der Waals surface area contributed by atoms with Crippen molar-refractivity contribution in [2.75, 3.05) is 21.1 Å². The molecular formula is C13H22NNaO5S. The maximum atomic E-state index is 10.5. The SMILES string of the molecule is C[NH+](C)C.O=C([O-])c1ccc(S(=O)(=O)O)cc1.[CH2-]CC.[Na+]. The van der Waals surface area contributed by atoms with Gasteiger partial charge in [-0.3, -0.25) is 4.55 Å². The van der Waals surface area contributed by atoms with Gasteiger partial charge in [0.2, 0.25) is 0 Å². The number of carboxylic acids is 1. The Morgan fingerprint density at radius 2 is 1.52 bits per heavy atom. The van der Waals surface area contributed by atoms with E-state index in [1.54, 1.807) is 0 Å².